The quantitative estimate of drug-likeness (QED) is 0.638. The van der Waals surface area contributed by atoms with Gasteiger partial charge in [-0.05, 0) is 18.2 Å². The van der Waals surface area contributed by atoms with Crippen molar-refractivity contribution in [2.24, 2.45) is 0 Å². The highest BCUT2D eigenvalue weighted by molar-refractivity contribution is 6.89. The van der Waals surface area contributed by atoms with Crippen molar-refractivity contribution in [1.29, 1.82) is 0 Å². The zero-order valence-corrected chi connectivity index (χ0v) is 19.5. The number of hydrogen-bond donors (Lipinski definition) is 2. The van der Waals surface area contributed by atoms with Crippen molar-refractivity contribution >= 4 is 30.9 Å². The number of benzene rings is 1. The van der Waals surface area contributed by atoms with Gasteiger partial charge in [-0.15, -0.1) is 0 Å². The Bertz CT molecular complexity index is 1020. The highest BCUT2D eigenvalue weighted by Gasteiger charge is 2.37. The van der Waals surface area contributed by atoms with E-state index in [1.54, 1.807) is 12.1 Å². The number of pyridine rings is 1. The number of ether oxygens (including phenoxy) is 1. The van der Waals surface area contributed by atoms with Crippen LogP contribution in [0.5, 0.6) is 0 Å². The second-order valence-electron chi connectivity index (χ2n) is 8.44. The van der Waals surface area contributed by atoms with Crippen LogP contribution in [0.25, 0.3) is 0 Å². The van der Waals surface area contributed by atoms with E-state index >= 15 is 0 Å². The van der Waals surface area contributed by atoms with Crippen LogP contribution in [0.1, 0.15) is 29.9 Å². The van der Waals surface area contributed by atoms with Crippen LogP contribution in [-0.2, 0) is 22.6 Å². The van der Waals surface area contributed by atoms with Crippen LogP contribution in [0, 0.1) is 11.6 Å². The molecule has 0 saturated carbocycles. The number of rotatable bonds is 6. The van der Waals surface area contributed by atoms with E-state index in [0.29, 0.717) is 29.4 Å². The van der Waals surface area contributed by atoms with Crippen molar-refractivity contribution < 1.29 is 28.2 Å². The third kappa shape index (κ3) is 4.65. The summed E-state index contributed by atoms with van der Waals surface area (Å²) in [5.41, 5.74) is 1.64. The Morgan fingerprint density at radius 2 is 1.94 bits per heavy atom. The average molecular weight is 464 g/mol. The maximum absolute atomic E-state index is 14.8. The lowest BCUT2D eigenvalue weighted by molar-refractivity contribution is -0.121. The van der Waals surface area contributed by atoms with Gasteiger partial charge in [0.1, 0.15) is 17.7 Å². The molecule has 1 aliphatic rings. The predicted molar refractivity (Wildman–Crippen MR) is 119 cm³/mol. The van der Waals surface area contributed by atoms with Gasteiger partial charge in [-0.25, -0.2) is 13.6 Å². The summed E-state index contributed by atoms with van der Waals surface area (Å²) in [5, 5.41) is 12.2. The standard InChI is InChI=1S/C22H27F2N3O4Si/c1-5-32(3,4)20-16(23)10-14(11-17(20)24)26-21(28)19-15-7-6-13(12-31-2)25-18(15)8-9-27(19)22(29)30/h6-7,10-11,19H,5,8-9,12H2,1-4H3,(H,26,28)(H,29,30). The van der Waals surface area contributed by atoms with Gasteiger partial charge in [0.25, 0.3) is 5.91 Å². The lowest BCUT2D eigenvalue weighted by Crippen LogP contribution is -2.46. The Morgan fingerprint density at radius 3 is 2.50 bits per heavy atom. The van der Waals surface area contributed by atoms with Crippen molar-refractivity contribution in [3.05, 3.63) is 52.9 Å². The normalized spacial score (nSPS) is 15.9. The van der Waals surface area contributed by atoms with Crippen LogP contribution >= 0.6 is 0 Å². The molecular formula is C22H27F2N3O4Si. The summed E-state index contributed by atoms with van der Waals surface area (Å²) in [6.07, 6.45) is -0.919. The van der Waals surface area contributed by atoms with Gasteiger partial charge in [0, 0.05) is 42.2 Å². The summed E-state index contributed by atoms with van der Waals surface area (Å²) in [7, 11) is -0.752. The summed E-state index contributed by atoms with van der Waals surface area (Å²) in [4.78, 5) is 30.4. The highest BCUT2D eigenvalue weighted by Crippen LogP contribution is 2.31. The number of hydrogen-bond acceptors (Lipinski definition) is 4. The van der Waals surface area contributed by atoms with Crippen LogP contribution in [0.15, 0.2) is 24.3 Å². The van der Waals surface area contributed by atoms with E-state index in [1.165, 1.54) is 7.11 Å². The molecule has 172 valence electrons. The van der Waals surface area contributed by atoms with Gasteiger partial charge in [0.15, 0.2) is 0 Å². The second kappa shape index (κ2) is 9.33. The summed E-state index contributed by atoms with van der Waals surface area (Å²) in [6, 6.07) is 4.98. The van der Waals surface area contributed by atoms with Crippen molar-refractivity contribution in [3.8, 4) is 0 Å². The summed E-state index contributed by atoms with van der Waals surface area (Å²) >= 11 is 0. The monoisotopic (exact) mass is 463 g/mol. The Hall–Kier alpha value is -2.85. The Kier molecular flexibility index (Phi) is 6.94. The number of methoxy groups -OCH3 is 1. The molecule has 1 aromatic heterocycles. The fourth-order valence-electron chi connectivity index (χ4n) is 3.93. The summed E-state index contributed by atoms with van der Waals surface area (Å²) in [5.74, 6) is -2.11. The molecule has 2 amide bonds. The summed E-state index contributed by atoms with van der Waals surface area (Å²) < 4.78 is 34.6. The van der Waals surface area contributed by atoms with Gasteiger partial charge >= 0.3 is 6.09 Å². The van der Waals surface area contributed by atoms with Crippen molar-refractivity contribution in [2.75, 3.05) is 19.0 Å². The van der Waals surface area contributed by atoms with Gasteiger partial charge in [0.2, 0.25) is 0 Å². The number of carbonyl (C=O) groups is 2. The van der Waals surface area contributed by atoms with Crippen molar-refractivity contribution in [1.82, 2.24) is 9.88 Å². The van der Waals surface area contributed by atoms with Gasteiger partial charge < -0.3 is 15.2 Å². The third-order valence-corrected chi connectivity index (χ3v) is 9.52. The molecule has 2 N–H and O–H groups in total. The molecule has 3 rings (SSSR count). The van der Waals surface area contributed by atoms with E-state index in [9.17, 15) is 23.5 Å². The van der Waals surface area contributed by atoms with E-state index < -0.39 is 37.8 Å². The molecule has 0 radical (unpaired) electrons. The van der Waals surface area contributed by atoms with E-state index in [-0.39, 0.29) is 24.0 Å². The first-order chi connectivity index (χ1) is 15.1. The molecule has 0 spiro atoms. The molecule has 32 heavy (non-hydrogen) atoms. The highest BCUT2D eigenvalue weighted by atomic mass is 28.3. The first kappa shape index (κ1) is 23.8. The van der Waals surface area contributed by atoms with Gasteiger partial charge in [-0.3, -0.25) is 14.7 Å². The summed E-state index contributed by atoms with van der Waals surface area (Å²) in [6.45, 7) is 6.01. The third-order valence-electron chi connectivity index (χ3n) is 5.92. The molecule has 2 aromatic rings. The molecule has 0 aliphatic carbocycles. The molecule has 1 atom stereocenters. The van der Waals surface area contributed by atoms with Crippen LogP contribution in [0.4, 0.5) is 19.3 Å². The molecule has 1 unspecified atom stereocenters. The fourth-order valence-corrected chi connectivity index (χ4v) is 5.72. The number of carboxylic acid groups (broad SMARTS) is 1. The Balaban J connectivity index is 1.95. The number of amides is 2. The van der Waals surface area contributed by atoms with Crippen LogP contribution < -0.4 is 10.5 Å². The number of nitrogens with one attached hydrogen (secondary N) is 1. The second-order valence-corrected chi connectivity index (χ2v) is 13.4. The van der Waals surface area contributed by atoms with E-state index in [4.69, 9.17) is 4.74 Å². The minimum atomic E-state index is -2.29. The topological polar surface area (TPSA) is 91.8 Å². The van der Waals surface area contributed by atoms with E-state index in [0.717, 1.165) is 17.0 Å². The minimum absolute atomic E-state index is 0.0592. The predicted octanol–water partition coefficient (Wildman–Crippen LogP) is 3.66. The smallest absolute Gasteiger partial charge is 0.408 e. The Morgan fingerprint density at radius 1 is 1.28 bits per heavy atom. The Labute approximate surface area is 186 Å². The molecule has 7 nitrogen and oxygen atoms in total. The zero-order chi connectivity index (χ0) is 23.6. The first-order valence-electron chi connectivity index (χ1n) is 10.4. The minimum Gasteiger partial charge on any atom is -0.465 e. The largest absolute Gasteiger partial charge is 0.465 e. The van der Waals surface area contributed by atoms with Gasteiger partial charge in [-0.1, -0.05) is 32.1 Å². The van der Waals surface area contributed by atoms with Crippen LogP contribution in [0.2, 0.25) is 19.1 Å². The number of halogens is 2. The average Bonchev–Trinajstić information content (AvgIpc) is 2.72. The number of carbonyl (C=O) groups excluding carboxylic acids is 1. The SMILES string of the molecule is CC[Si](C)(C)c1c(F)cc(NC(=O)C2c3ccc(COC)nc3CCN2C(=O)O)cc1F. The van der Waals surface area contributed by atoms with Gasteiger partial charge in [0.05, 0.1) is 20.4 Å². The number of aromatic nitrogens is 1. The molecule has 0 bridgehead atoms. The maximum Gasteiger partial charge on any atom is 0.408 e. The van der Waals surface area contributed by atoms with Crippen LogP contribution in [0.3, 0.4) is 0 Å². The van der Waals surface area contributed by atoms with E-state index in [2.05, 4.69) is 10.3 Å². The van der Waals surface area contributed by atoms with E-state index in [1.807, 2.05) is 20.0 Å². The number of anilines is 1. The number of fused-ring (bicyclic) bond motifs is 1. The zero-order valence-electron chi connectivity index (χ0n) is 18.5. The van der Waals surface area contributed by atoms with Crippen LogP contribution in [-0.4, -0.2) is 48.7 Å². The molecule has 1 aromatic carbocycles. The maximum atomic E-state index is 14.8. The molecule has 2 heterocycles. The van der Waals surface area contributed by atoms with Crippen molar-refractivity contribution in [3.63, 3.8) is 0 Å². The molecular weight excluding hydrogens is 436 g/mol. The number of nitrogens with zero attached hydrogens (tertiary/aromatic N) is 2. The molecule has 10 heteroatoms. The molecule has 0 fully saturated rings. The lowest BCUT2D eigenvalue weighted by Gasteiger charge is -2.34. The molecule has 0 saturated heterocycles. The molecule has 1 aliphatic heterocycles. The van der Waals surface area contributed by atoms with Crippen molar-refractivity contribution in [2.45, 2.75) is 45.1 Å². The lowest BCUT2D eigenvalue weighted by atomic mass is 9.96. The fraction of sp³-hybridized carbons (Fsp3) is 0.409. The first-order valence-corrected chi connectivity index (χ1v) is 13.6. The van der Waals surface area contributed by atoms with Gasteiger partial charge in [-0.2, -0.15) is 0 Å².